The summed E-state index contributed by atoms with van der Waals surface area (Å²) in [5.41, 5.74) is -3.25. The van der Waals surface area contributed by atoms with Gasteiger partial charge < -0.3 is 64.9 Å². The minimum atomic E-state index is -2.07. The van der Waals surface area contributed by atoms with Crippen molar-refractivity contribution >= 4 is 23.7 Å². The van der Waals surface area contributed by atoms with Crippen LogP contribution >= 0.6 is 0 Å². The minimum Gasteiger partial charge on any atom is -0.481 e. The highest BCUT2D eigenvalue weighted by Crippen LogP contribution is 2.75. The molecule has 20 atom stereocenters. The molecule has 2 aliphatic heterocycles. The topological polar surface area (TPSA) is 287 Å². The van der Waals surface area contributed by atoms with Gasteiger partial charge in [0, 0.05) is 11.8 Å². The van der Waals surface area contributed by atoms with Crippen molar-refractivity contribution in [2.75, 3.05) is 0 Å². The molecule has 332 valence electrons. The van der Waals surface area contributed by atoms with Crippen molar-refractivity contribution in [3.05, 3.63) is 11.6 Å². The van der Waals surface area contributed by atoms with E-state index in [2.05, 4.69) is 27.7 Å². The summed E-state index contributed by atoms with van der Waals surface area (Å²) in [4.78, 5) is 51.4. The Kier molecular flexibility index (Phi) is 10.9. The van der Waals surface area contributed by atoms with Gasteiger partial charge in [0.2, 0.25) is 0 Å². The Morgan fingerprint density at radius 1 is 0.678 bits per heavy atom. The normalized spacial score (nSPS) is 53.1. The van der Waals surface area contributed by atoms with Gasteiger partial charge in [-0.1, -0.05) is 47.1 Å². The third kappa shape index (κ3) is 6.30. The van der Waals surface area contributed by atoms with Gasteiger partial charge in [-0.25, -0.2) is 9.59 Å². The number of aliphatic hydroxyl groups is 6. The number of hydrogen-bond acceptors (Lipinski definition) is 14. The number of carbonyl (C=O) groups is 4. The number of carboxylic acid groups (broad SMARTS) is 3. The van der Waals surface area contributed by atoms with Gasteiger partial charge in [-0.2, -0.15) is 0 Å². The van der Waals surface area contributed by atoms with Gasteiger partial charge in [-0.05, 0) is 97.4 Å². The molecule has 0 spiro atoms. The highest BCUT2D eigenvalue weighted by molar-refractivity contribution is 5.96. The maximum atomic E-state index is 14.9. The smallest absolute Gasteiger partial charge is 0.335 e. The van der Waals surface area contributed by atoms with Gasteiger partial charge in [-0.3, -0.25) is 9.59 Å². The van der Waals surface area contributed by atoms with E-state index in [9.17, 15) is 65.1 Å². The van der Waals surface area contributed by atoms with Crippen molar-refractivity contribution in [2.24, 2.45) is 50.2 Å². The van der Waals surface area contributed by atoms with E-state index in [1.807, 2.05) is 13.8 Å². The van der Waals surface area contributed by atoms with Crippen LogP contribution in [-0.4, -0.2) is 143 Å². The van der Waals surface area contributed by atoms with Crippen molar-refractivity contribution in [1.29, 1.82) is 0 Å². The average molecular weight is 839 g/mol. The van der Waals surface area contributed by atoms with Gasteiger partial charge in [0.25, 0.3) is 0 Å². The van der Waals surface area contributed by atoms with Gasteiger partial charge in [-0.15, -0.1) is 0 Å². The maximum absolute atomic E-state index is 14.9. The van der Waals surface area contributed by atoms with Crippen molar-refractivity contribution in [3.8, 4) is 0 Å². The summed E-state index contributed by atoms with van der Waals surface area (Å²) in [6.45, 7) is 14.2. The number of rotatable bonds is 7. The van der Waals surface area contributed by atoms with Crippen LogP contribution < -0.4 is 0 Å². The van der Waals surface area contributed by atoms with Crippen LogP contribution in [0.15, 0.2) is 11.6 Å². The predicted octanol–water partition coefficient (Wildman–Crippen LogP) is 1.22. The molecule has 4 saturated carbocycles. The van der Waals surface area contributed by atoms with Crippen LogP contribution in [-0.2, 0) is 38.1 Å². The third-order valence-corrected chi connectivity index (χ3v) is 17.3. The second-order valence-electron chi connectivity index (χ2n) is 20.6. The van der Waals surface area contributed by atoms with E-state index in [-0.39, 0.29) is 17.1 Å². The quantitative estimate of drug-likeness (QED) is 0.163. The van der Waals surface area contributed by atoms with E-state index in [1.165, 1.54) is 0 Å². The molecule has 0 unspecified atom stereocenters. The van der Waals surface area contributed by atoms with Crippen molar-refractivity contribution in [2.45, 2.75) is 173 Å². The molecule has 6 fully saturated rings. The molecule has 17 nitrogen and oxygen atoms in total. The zero-order chi connectivity index (χ0) is 43.7. The molecule has 17 heteroatoms. The lowest BCUT2D eigenvalue weighted by atomic mass is 9.33. The Morgan fingerprint density at radius 3 is 1.85 bits per heavy atom. The van der Waals surface area contributed by atoms with Crippen molar-refractivity contribution in [1.82, 2.24) is 0 Å². The number of fused-ring (bicyclic) bond motifs is 7. The lowest BCUT2D eigenvalue weighted by molar-refractivity contribution is -0.371. The van der Waals surface area contributed by atoms with E-state index in [0.717, 1.165) is 18.4 Å². The molecule has 7 aliphatic rings. The summed E-state index contributed by atoms with van der Waals surface area (Å²) >= 11 is 0. The fraction of sp³-hybridized carbons (Fsp3) is 0.857. The number of carbonyl (C=O) groups excluding carboxylic acids is 1. The van der Waals surface area contributed by atoms with E-state index in [1.54, 1.807) is 13.0 Å². The van der Waals surface area contributed by atoms with Crippen LogP contribution in [0.4, 0.5) is 0 Å². The van der Waals surface area contributed by atoms with E-state index in [4.69, 9.17) is 18.9 Å². The maximum Gasteiger partial charge on any atom is 0.335 e. The molecular formula is C42H62O17. The first-order valence-electron chi connectivity index (χ1n) is 20.9. The lowest BCUT2D eigenvalue weighted by Gasteiger charge is -2.71. The molecule has 0 amide bonds. The van der Waals surface area contributed by atoms with Crippen molar-refractivity contribution < 1.29 is 84.1 Å². The number of ether oxygens (including phenoxy) is 4. The van der Waals surface area contributed by atoms with Crippen LogP contribution in [0.3, 0.4) is 0 Å². The average Bonchev–Trinajstić information content (AvgIpc) is 3.14. The zero-order valence-electron chi connectivity index (χ0n) is 34.7. The van der Waals surface area contributed by atoms with Gasteiger partial charge in [0.05, 0.1) is 17.6 Å². The molecule has 0 aromatic rings. The summed E-state index contributed by atoms with van der Waals surface area (Å²) in [6, 6.07) is 0. The summed E-state index contributed by atoms with van der Waals surface area (Å²) in [6.07, 6.45) is -15.2. The summed E-state index contributed by atoms with van der Waals surface area (Å²) < 4.78 is 23.3. The Hall–Kier alpha value is -2.58. The second-order valence-corrected chi connectivity index (χ2v) is 20.6. The summed E-state index contributed by atoms with van der Waals surface area (Å²) in [7, 11) is 0. The molecule has 0 aromatic carbocycles. The highest BCUT2D eigenvalue weighted by Gasteiger charge is 2.72. The Bertz CT molecular complexity index is 1770. The number of aliphatic hydroxyl groups excluding tert-OH is 6. The second kappa shape index (κ2) is 14.5. The highest BCUT2D eigenvalue weighted by atomic mass is 16.8. The summed E-state index contributed by atoms with van der Waals surface area (Å²) in [5.74, 6) is -5.49. The standard InChI is InChI=1S/C42H62O17/c1-37(2)19-8-11-42(7)30(18(43)16-17-21-31(49)40(5,36(54)55)14-12-38(21,3)13-15-41(17,42)6)39(19,4)10-9-20(37)56-35-29(25(47)24(46)28(58-35)33(52)53)59-34-26(48)22(44)23(45)27(57-34)32(50)51/h16,19-31,34-35,44-49H,8-15H2,1-7H3,(H,50,51)(H,52,53)(H,54,55)/t19-,20-,21+,22-,23-,24-,25-,26+,27-,28-,29+,30+,31-,34-,35+,38+,39-,40-,41+,42+/m0/s1. The molecule has 0 aromatic heterocycles. The zero-order valence-corrected chi connectivity index (χ0v) is 34.7. The molecule has 0 bridgehead atoms. The fourth-order valence-corrected chi connectivity index (χ4v) is 13.5. The number of allylic oxidation sites excluding steroid dienone is 1. The van der Waals surface area contributed by atoms with Crippen LogP contribution in [0.5, 0.6) is 0 Å². The first-order chi connectivity index (χ1) is 27.2. The van der Waals surface area contributed by atoms with E-state index >= 15 is 0 Å². The molecule has 9 N–H and O–H groups in total. The predicted molar refractivity (Wildman–Crippen MR) is 201 cm³/mol. The SMILES string of the molecule is CC1(C)[C@@H](O[C@@H]2O[C@H](C(=O)O)[C@@H](O)[C@H](O)[C@H]2O[C@@H]2O[C@H](C(=O)O)[C@@H](O)[C@H](O)[C@H]2O)CC[C@]2(C)[C@H]3C(=O)C=C4[C@@H]5[C@H](O)[C@@](C)(C(=O)O)CC[C@]5(C)CC[C@@]4(C)[C@]3(C)CC[C@@H]12. The Balaban J connectivity index is 1.18. The molecular weight excluding hydrogens is 776 g/mol. The third-order valence-electron chi connectivity index (χ3n) is 17.3. The van der Waals surface area contributed by atoms with Crippen molar-refractivity contribution in [3.63, 3.8) is 0 Å². The molecule has 5 aliphatic carbocycles. The van der Waals surface area contributed by atoms with Crippen LogP contribution in [0.1, 0.15) is 99.8 Å². The number of carboxylic acids is 3. The first-order valence-corrected chi connectivity index (χ1v) is 20.9. The van der Waals surface area contributed by atoms with Crippen LogP contribution in [0, 0.1) is 50.2 Å². The number of aliphatic carboxylic acids is 3. The van der Waals surface area contributed by atoms with E-state index < -0.39 is 130 Å². The monoisotopic (exact) mass is 838 g/mol. The molecule has 0 radical (unpaired) electrons. The Morgan fingerprint density at radius 2 is 1.25 bits per heavy atom. The molecule has 2 saturated heterocycles. The minimum absolute atomic E-state index is 0.0510. The van der Waals surface area contributed by atoms with Crippen LogP contribution in [0.25, 0.3) is 0 Å². The Labute approximate surface area is 342 Å². The molecule has 7 rings (SSSR count). The van der Waals surface area contributed by atoms with Crippen LogP contribution in [0.2, 0.25) is 0 Å². The van der Waals surface area contributed by atoms with Gasteiger partial charge in [0.1, 0.15) is 36.6 Å². The van der Waals surface area contributed by atoms with E-state index in [0.29, 0.717) is 38.5 Å². The lowest BCUT2D eigenvalue weighted by Crippen LogP contribution is -2.68. The number of ketones is 1. The first kappa shape index (κ1) is 44.5. The van der Waals surface area contributed by atoms with Gasteiger partial charge in [0.15, 0.2) is 30.6 Å². The molecule has 59 heavy (non-hydrogen) atoms. The van der Waals surface area contributed by atoms with Gasteiger partial charge >= 0.3 is 17.9 Å². The fourth-order valence-electron chi connectivity index (χ4n) is 13.5. The summed E-state index contributed by atoms with van der Waals surface area (Å²) in [5, 5.41) is 94.9. The number of hydrogen-bond donors (Lipinski definition) is 9. The molecule has 2 heterocycles. The largest absolute Gasteiger partial charge is 0.481 e.